The molecule has 0 heterocycles. The average Bonchev–Trinajstić information content (AvgIpc) is 3.29. The largest absolute Gasteiger partial charge is 0.462 e. The third-order valence-electron chi connectivity index (χ3n) is 11.1. The van der Waals surface area contributed by atoms with E-state index < -0.39 is 6.10 Å². The lowest BCUT2D eigenvalue weighted by atomic mass is 10.1. The van der Waals surface area contributed by atoms with Gasteiger partial charge >= 0.3 is 17.9 Å². The number of hydrogen-bond acceptors (Lipinski definition) is 6. The minimum atomic E-state index is -0.788. The number of rotatable bonds is 47. The molecule has 0 fully saturated rings. The Balaban J connectivity index is 4.31. The smallest absolute Gasteiger partial charge is 0.306 e. The highest BCUT2D eigenvalue weighted by atomic mass is 16.6. The monoisotopic (exact) mass is 891 g/mol. The van der Waals surface area contributed by atoms with E-state index in [1.54, 1.807) is 0 Å². The summed E-state index contributed by atoms with van der Waals surface area (Å²) >= 11 is 0. The fourth-order valence-electron chi connectivity index (χ4n) is 7.15. The second-order valence-electron chi connectivity index (χ2n) is 17.4. The van der Waals surface area contributed by atoms with Gasteiger partial charge in [0.05, 0.1) is 0 Å². The third-order valence-corrected chi connectivity index (χ3v) is 11.1. The number of unbranched alkanes of at least 4 members (excludes halogenated alkanes) is 22. The van der Waals surface area contributed by atoms with E-state index in [0.717, 1.165) is 122 Å². The molecule has 366 valence electrons. The molecule has 1 unspecified atom stereocenters. The first-order chi connectivity index (χ1) is 31.5. The van der Waals surface area contributed by atoms with E-state index in [4.69, 9.17) is 14.2 Å². The summed E-state index contributed by atoms with van der Waals surface area (Å²) in [5.41, 5.74) is 0. The highest BCUT2D eigenvalue weighted by Gasteiger charge is 2.19. The standard InChI is InChI=1S/C58H98O6/c1-4-7-10-13-16-18-20-22-24-26-27-28-29-30-31-32-34-35-37-39-42-45-48-51-57(60)63-54-55(53-62-56(59)50-47-44-41-15-12-9-6-3)64-58(61)52-49-46-43-40-38-36-33-25-23-21-19-17-14-11-8-5-2/h7,10,16,18,22,24-25,27-28,30-31,33-35,55H,4-6,8-9,11-15,17,19-21,23,26,29,32,36-54H2,1-3H3/b10-7-,18-16-,24-22-,28-27-,31-30-,33-25-,35-34-. The molecule has 0 N–H and O–H groups in total. The topological polar surface area (TPSA) is 78.9 Å². The number of allylic oxidation sites excluding steroid dienone is 14. The second-order valence-corrected chi connectivity index (χ2v) is 17.4. The zero-order valence-corrected chi connectivity index (χ0v) is 41.8. The highest BCUT2D eigenvalue weighted by Crippen LogP contribution is 2.14. The van der Waals surface area contributed by atoms with Crippen molar-refractivity contribution < 1.29 is 28.6 Å². The SMILES string of the molecule is CC/C=C\C/C=C\C/C=C\C/C=C\C/C=C\C/C=C\CCCCCCC(=O)OCC(COC(=O)CCCCCCCCC)OC(=O)CCCCCCC/C=C\CCCCCCCCC. The Bertz CT molecular complexity index is 1250. The van der Waals surface area contributed by atoms with Crippen LogP contribution < -0.4 is 0 Å². The van der Waals surface area contributed by atoms with Gasteiger partial charge in [-0.15, -0.1) is 0 Å². The van der Waals surface area contributed by atoms with Crippen molar-refractivity contribution in [3.05, 3.63) is 85.1 Å². The Labute approximate surface area is 395 Å². The molecular weight excluding hydrogens is 793 g/mol. The summed E-state index contributed by atoms with van der Waals surface area (Å²) in [7, 11) is 0. The summed E-state index contributed by atoms with van der Waals surface area (Å²) in [5, 5.41) is 0. The van der Waals surface area contributed by atoms with Crippen LogP contribution in [0.25, 0.3) is 0 Å². The van der Waals surface area contributed by atoms with Gasteiger partial charge in [0.2, 0.25) is 0 Å². The summed E-state index contributed by atoms with van der Waals surface area (Å²) in [6.07, 6.45) is 67.3. The molecule has 6 heteroatoms. The summed E-state index contributed by atoms with van der Waals surface area (Å²) in [4.78, 5) is 37.8. The highest BCUT2D eigenvalue weighted by molar-refractivity contribution is 5.71. The maximum Gasteiger partial charge on any atom is 0.306 e. The van der Waals surface area contributed by atoms with Gasteiger partial charge in [-0.05, 0) is 96.3 Å². The van der Waals surface area contributed by atoms with E-state index in [2.05, 4.69) is 106 Å². The predicted octanol–water partition coefficient (Wildman–Crippen LogP) is 17.6. The molecule has 0 rings (SSSR count). The van der Waals surface area contributed by atoms with E-state index in [9.17, 15) is 14.4 Å². The number of hydrogen-bond donors (Lipinski definition) is 0. The van der Waals surface area contributed by atoms with Crippen LogP contribution >= 0.6 is 0 Å². The van der Waals surface area contributed by atoms with Gasteiger partial charge in [-0.3, -0.25) is 14.4 Å². The van der Waals surface area contributed by atoms with Gasteiger partial charge in [0.25, 0.3) is 0 Å². The summed E-state index contributed by atoms with van der Waals surface area (Å²) in [6, 6.07) is 0. The summed E-state index contributed by atoms with van der Waals surface area (Å²) in [6.45, 7) is 6.45. The zero-order chi connectivity index (χ0) is 46.5. The maximum absolute atomic E-state index is 12.8. The Morgan fingerprint density at radius 1 is 0.328 bits per heavy atom. The van der Waals surface area contributed by atoms with Crippen molar-refractivity contribution in [2.45, 2.75) is 252 Å². The molecule has 64 heavy (non-hydrogen) atoms. The van der Waals surface area contributed by atoms with Crippen molar-refractivity contribution in [1.82, 2.24) is 0 Å². The first-order valence-corrected chi connectivity index (χ1v) is 26.6. The van der Waals surface area contributed by atoms with Gasteiger partial charge in [0.1, 0.15) is 13.2 Å². The van der Waals surface area contributed by atoms with E-state index in [1.165, 1.54) is 83.5 Å². The molecule has 0 spiro atoms. The molecule has 0 radical (unpaired) electrons. The fraction of sp³-hybridized carbons (Fsp3) is 0.707. The summed E-state index contributed by atoms with van der Waals surface area (Å²) < 4.78 is 16.7. The number of carbonyl (C=O) groups is 3. The molecule has 0 aliphatic heterocycles. The number of carbonyl (C=O) groups excluding carboxylic acids is 3. The molecule has 6 nitrogen and oxygen atoms in total. The van der Waals surface area contributed by atoms with Crippen molar-refractivity contribution in [2.75, 3.05) is 13.2 Å². The van der Waals surface area contributed by atoms with Crippen molar-refractivity contribution in [1.29, 1.82) is 0 Å². The molecule has 0 aliphatic rings. The first-order valence-electron chi connectivity index (χ1n) is 26.6. The normalized spacial score (nSPS) is 12.7. The van der Waals surface area contributed by atoms with Crippen LogP contribution in [0.15, 0.2) is 85.1 Å². The van der Waals surface area contributed by atoms with Crippen LogP contribution in [-0.2, 0) is 28.6 Å². The van der Waals surface area contributed by atoms with Crippen LogP contribution in [0.1, 0.15) is 245 Å². The lowest BCUT2D eigenvalue weighted by Gasteiger charge is -2.18. The average molecular weight is 891 g/mol. The van der Waals surface area contributed by atoms with E-state index in [0.29, 0.717) is 19.3 Å². The van der Waals surface area contributed by atoms with Crippen molar-refractivity contribution in [3.8, 4) is 0 Å². The Kier molecular flexibility index (Phi) is 49.4. The first kappa shape index (κ1) is 60.6. The molecular formula is C58H98O6. The van der Waals surface area contributed by atoms with Crippen molar-refractivity contribution in [2.24, 2.45) is 0 Å². The van der Waals surface area contributed by atoms with Gasteiger partial charge in [-0.2, -0.15) is 0 Å². The van der Waals surface area contributed by atoms with Gasteiger partial charge in [-0.25, -0.2) is 0 Å². The quantitative estimate of drug-likeness (QED) is 0.0262. The Hall–Kier alpha value is -3.41. The van der Waals surface area contributed by atoms with E-state index in [1.807, 2.05) is 0 Å². The molecule has 0 saturated carbocycles. The fourth-order valence-corrected chi connectivity index (χ4v) is 7.15. The molecule has 0 aromatic carbocycles. The van der Waals surface area contributed by atoms with Gasteiger partial charge in [-0.1, -0.05) is 215 Å². The van der Waals surface area contributed by atoms with Crippen LogP contribution in [0.3, 0.4) is 0 Å². The van der Waals surface area contributed by atoms with Crippen LogP contribution in [0.2, 0.25) is 0 Å². The Morgan fingerprint density at radius 2 is 0.609 bits per heavy atom. The van der Waals surface area contributed by atoms with Crippen LogP contribution in [-0.4, -0.2) is 37.2 Å². The van der Waals surface area contributed by atoms with Gasteiger partial charge in [0, 0.05) is 19.3 Å². The predicted molar refractivity (Wildman–Crippen MR) is 274 cm³/mol. The molecule has 0 aromatic rings. The van der Waals surface area contributed by atoms with E-state index in [-0.39, 0.29) is 31.1 Å². The minimum absolute atomic E-state index is 0.0879. The van der Waals surface area contributed by atoms with Crippen LogP contribution in [0.5, 0.6) is 0 Å². The molecule has 0 bridgehead atoms. The second kappa shape index (κ2) is 52.2. The molecule has 0 aromatic heterocycles. The van der Waals surface area contributed by atoms with Crippen LogP contribution in [0.4, 0.5) is 0 Å². The maximum atomic E-state index is 12.8. The minimum Gasteiger partial charge on any atom is -0.462 e. The van der Waals surface area contributed by atoms with Crippen molar-refractivity contribution in [3.63, 3.8) is 0 Å². The lowest BCUT2D eigenvalue weighted by Crippen LogP contribution is -2.30. The van der Waals surface area contributed by atoms with E-state index >= 15 is 0 Å². The number of esters is 3. The third kappa shape index (κ3) is 49.6. The lowest BCUT2D eigenvalue weighted by molar-refractivity contribution is -0.167. The Morgan fingerprint density at radius 3 is 0.969 bits per heavy atom. The van der Waals surface area contributed by atoms with Gasteiger partial charge < -0.3 is 14.2 Å². The number of ether oxygens (including phenoxy) is 3. The van der Waals surface area contributed by atoms with Crippen LogP contribution in [0, 0.1) is 0 Å². The van der Waals surface area contributed by atoms with Crippen molar-refractivity contribution >= 4 is 17.9 Å². The molecule has 0 aliphatic carbocycles. The van der Waals surface area contributed by atoms with Gasteiger partial charge in [0.15, 0.2) is 6.10 Å². The molecule has 1 atom stereocenters. The zero-order valence-electron chi connectivity index (χ0n) is 41.8. The summed E-state index contributed by atoms with van der Waals surface area (Å²) in [5.74, 6) is -0.929. The molecule has 0 amide bonds. The molecule has 0 saturated heterocycles.